The van der Waals surface area contributed by atoms with Crippen LogP contribution in [0.5, 0.6) is 0 Å². The molecule has 3 heterocycles. The fourth-order valence-electron chi connectivity index (χ4n) is 3.37. The molecule has 0 bridgehead atoms. The van der Waals surface area contributed by atoms with E-state index in [1.807, 2.05) is 67.0 Å². The highest BCUT2D eigenvalue weighted by Crippen LogP contribution is 2.29. The van der Waals surface area contributed by atoms with Crippen molar-refractivity contribution in [3.05, 3.63) is 84.6 Å². The van der Waals surface area contributed by atoms with Gasteiger partial charge in [0, 0.05) is 40.7 Å². The number of fused-ring (bicyclic) bond motifs is 2. The molecule has 0 atom stereocenters. The Morgan fingerprint density at radius 3 is 2.68 bits per heavy atom. The monoisotopic (exact) mass is 364 g/mol. The van der Waals surface area contributed by atoms with Gasteiger partial charge in [0.05, 0.1) is 11.0 Å². The Morgan fingerprint density at radius 1 is 0.964 bits per heavy atom. The summed E-state index contributed by atoms with van der Waals surface area (Å²) in [6, 6.07) is 17.6. The van der Waals surface area contributed by atoms with Crippen LogP contribution < -0.4 is 5.73 Å². The number of imidazole rings is 1. The minimum atomic E-state index is 0.205. The van der Waals surface area contributed by atoms with E-state index >= 15 is 0 Å². The SMILES string of the molecule is N=C(c1nc2ccccc2[nH]1)c1cc(-c2cncc3ccccc23)cnc1N. The fourth-order valence-corrected chi connectivity index (χ4v) is 3.37. The van der Waals surface area contributed by atoms with Crippen molar-refractivity contribution in [3.8, 4) is 11.1 Å². The van der Waals surface area contributed by atoms with E-state index in [9.17, 15) is 0 Å². The molecule has 0 aliphatic rings. The lowest BCUT2D eigenvalue weighted by molar-refractivity contribution is 1.24. The largest absolute Gasteiger partial charge is 0.383 e. The highest BCUT2D eigenvalue weighted by molar-refractivity contribution is 6.13. The molecule has 0 saturated heterocycles. The molecule has 5 rings (SSSR count). The average Bonchev–Trinajstić information content (AvgIpc) is 3.18. The lowest BCUT2D eigenvalue weighted by Gasteiger charge is -2.10. The maximum Gasteiger partial charge on any atom is 0.157 e. The number of nitrogens with two attached hydrogens (primary N) is 1. The summed E-state index contributed by atoms with van der Waals surface area (Å²) >= 11 is 0. The van der Waals surface area contributed by atoms with Crippen LogP contribution in [-0.2, 0) is 0 Å². The first-order valence-corrected chi connectivity index (χ1v) is 8.83. The van der Waals surface area contributed by atoms with E-state index in [2.05, 4.69) is 19.9 Å². The minimum absolute atomic E-state index is 0.205. The van der Waals surface area contributed by atoms with E-state index in [1.165, 1.54) is 0 Å². The number of hydrogen-bond acceptors (Lipinski definition) is 5. The molecule has 0 amide bonds. The number of nitrogens with zero attached hydrogens (tertiary/aromatic N) is 3. The topological polar surface area (TPSA) is 104 Å². The molecule has 0 saturated carbocycles. The van der Waals surface area contributed by atoms with E-state index in [4.69, 9.17) is 11.1 Å². The molecule has 0 aliphatic heterocycles. The van der Waals surface area contributed by atoms with Gasteiger partial charge in [-0.25, -0.2) is 9.97 Å². The Hall–Kier alpha value is -4.06. The molecule has 6 heteroatoms. The van der Waals surface area contributed by atoms with Crippen LogP contribution >= 0.6 is 0 Å². The van der Waals surface area contributed by atoms with Gasteiger partial charge >= 0.3 is 0 Å². The molecule has 3 aromatic heterocycles. The summed E-state index contributed by atoms with van der Waals surface area (Å²) in [6.07, 6.45) is 5.36. The molecule has 0 aliphatic carbocycles. The Kier molecular flexibility index (Phi) is 3.62. The van der Waals surface area contributed by atoms with Gasteiger partial charge in [0.15, 0.2) is 5.82 Å². The van der Waals surface area contributed by atoms with E-state index in [0.29, 0.717) is 17.2 Å². The zero-order chi connectivity index (χ0) is 19.1. The molecule has 6 nitrogen and oxygen atoms in total. The number of H-pyrrole nitrogens is 1. The summed E-state index contributed by atoms with van der Waals surface area (Å²) in [7, 11) is 0. The summed E-state index contributed by atoms with van der Waals surface area (Å²) in [6.45, 7) is 0. The van der Waals surface area contributed by atoms with Crippen LogP contribution in [0, 0.1) is 5.41 Å². The number of nitrogens with one attached hydrogen (secondary N) is 2. The number of aromatic nitrogens is 4. The molecule has 0 unspecified atom stereocenters. The van der Waals surface area contributed by atoms with Crippen LogP contribution in [0.2, 0.25) is 0 Å². The Labute approximate surface area is 160 Å². The maximum atomic E-state index is 8.64. The molecule has 0 radical (unpaired) electrons. The molecule has 0 fully saturated rings. The predicted molar refractivity (Wildman–Crippen MR) is 111 cm³/mol. The Morgan fingerprint density at radius 2 is 1.79 bits per heavy atom. The number of para-hydroxylation sites is 2. The number of benzene rings is 2. The number of aromatic amines is 1. The summed E-state index contributed by atoms with van der Waals surface area (Å²) < 4.78 is 0. The summed E-state index contributed by atoms with van der Waals surface area (Å²) in [4.78, 5) is 16.4. The first-order valence-electron chi connectivity index (χ1n) is 8.83. The summed E-state index contributed by atoms with van der Waals surface area (Å²) in [5, 5.41) is 10.8. The van der Waals surface area contributed by atoms with Crippen molar-refractivity contribution in [1.82, 2.24) is 19.9 Å². The zero-order valence-corrected chi connectivity index (χ0v) is 14.8. The second kappa shape index (κ2) is 6.28. The molecule has 4 N–H and O–H groups in total. The molecular weight excluding hydrogens is 348 g/mol. The van der Waals surface area contributed by atoms with Crippen molar-refractivity contribution in [3.63, 3.8) is 0 Å². The van der Waals surface area contributed by atoms with Gasteiger partial charge in [0.1, 0.15) is 11.5 Å². The van der Waals surface area contributed by atoms with Crippen LogP contribution in [0.25, 0.3) is 32.9 Å². The van der Waals surface area contributed by atoms with E-state index in [1.54, 1.807) is 6.20 Å². The van der Waals surface area contributed by atoms with Crippen LogP contribution in [0.1, 0.15) is 11.4 Å². The van der Waals surface area contributed by atoms with Crippen LogP contribution in [0.3, 0.4) is 0 Å². The normalized spacial score (nSPS) is 11.1. The van der Waals surface area contributed by atoms with Gasteiger partial charge in [-0.3, -0.25) is 10.4 Å². The van der Waals surface area contributed by atoms with Gasteiger partial charge < -0.3 is 10.7 Å². The van der Waals surface area contributed by atoms with Gasteiger partial charge in [-0.2, -0.15) is 0 Å². The highest BCUT2D eigenvalue weighted by Gasteiger charge is 2.16. The van der Waals surface area contributed by atoms with Gasteiger partial charge in [-0.15, -0.1) is 0 Å². The van der Waals surface area contributed by atoms with Crippen molar-refractivity contribution in [2.75, 3.05) is 5.73 Å². The van der Waals surface area contributed by atoms with Crippen molar-refractivity contribution in [2.45, 2.75) is 0 Å². The predicted octanol–water partition coefficient (Wildman–Crippen LogP) is 4.17. The third-order valence-corrected chi connectivity index (χ3v) is 4.79. The van der Waals surface area contributed by atoms with Crippen LogP contribution in [0.15, 0.2) is 73.2 Å². The average molecular weight is 364 g/mol. The molecule has 28 heavy (non-hydrogen) atoms. The summed E-state index contributed by atoms with van der Waals surface area (Å²) in [5.74, 6) is 0.755. The van der Waals surface area contributed by atoms with Gasteiger partial charge in [-0.1, -0.05) is 36.4 Å². The number of rotatable bonds is 3. The van der Waals surface area contributed by atoms with Gasteiger partial charge in [-0.05, 0) is 23.6 Å². The third kappa shape index (κ3) is 2.59. The van der Waals surface area contributed by atoms with Crippen molar-refractivity contribution < 1.29 is 0 Å². The second-order valence-corrected chi connectivity index (χ2v) is 6.54. The Balaban J connectivity index is 1.64. The summed E-state index contributed by atoms with van der Waals surface area (Å²) in [5.41, 5.74) is 10.3. The number of pyridine rings is 2. The van der Waals surface area contributed by atoms with E-state index in [0.717, 1.165) is 32.9 Å². The smallest absolute Gasteiger partial charge is 0.157 e. The number of nitrogen functional groups attached to an aromatic ring is 1. The fraction of sp³-hybridized carbons (Fsp3) is 0. The standard InChI is InChI=1S/C22H16N6/c23-20(22-27-18-7-3-4-8-19(18)28-22)16-9-14(11-26-21(16)24)17-12-25-10-13-5-1-2-6-15(13)17/h1-12,23H,(H2,24,26)(H,27,28). The lowest BCUT2D eigenvalue weighted by Crippen LogP contribution is -2.09. The van der Waals surface area contributed by atoms with Gasteiger partial charge in [0.2, 0.25) is 0 Å². The van der Waals surface area contributed by atoms with E-state index in [-0.39, 0.29) is 5.71 Å². The first kappa shape index (κ1) is 16.1. The second-order valence-electron chi connectivity index (χ2n) is 6.54. The number of hydrogen-bond donors (Lipinski definition) is 3. The molecule has 134 valence electrons. The number of anilines is 1. The van der Waals surface area contributed by atoms with Crippen molar-refractivity contribution in [1.29, 1.82) is 5.41 Å². The third-order valence-electron chi connectivity index (χ3n) is 4.79. The highest BCUT2D eigenvalue weighted by atomic mass is 14.9. The molecule has 0 spiro atoms. The first-order chi connectivity index (χ1) is 13.7. The molecule has 2 aromatic carbocycles. The van der Waals surface area contributed by atoms with E-state index < -0.39 is 0 Å². The lowest BCUT2D eigenvalue weighted by atomic mass is 10.00. The van der Waals surface area contributed by atoms with Crippen LogP contribution in [0.4, 0.5) is 5.82 Å². The quantitative estimate of drug-likeness (QED) is 0.418. The maximum absolute atomic E-state index is 8.64. The Bertz CT molecular complexity index is 1310. The van der Waals surface area contributed by atoms with Crippen molar-refractivity contribution >= 4 is 33.3 Å². The van der Waals surface area contributed by atoms with Crippen molar-refractivity contribution in [2.24, 2.45) is 0 Å². The molecule has 5 aromatic rings. The minimum Gasteiger partial charge on any atom is -0.383 e. The molecular formula is C22H16N6. The zero-order valence-electron chi connectivity index (χ0n) is 14.8. The van der Waals surface area contributed by atoms with Crippen LogP contribution in [-0.4, -0.2) is 25.6 Å². The van der Waals surface area contributed by atoms with Gasteiger partial charge in [0.25, 0.3) is 0 Å².